The lowest BCUT2D eigenvalue weighted by molar-refractivity contribution is -0.158. The Morgan fingerprint density at radius 2 is 1.76 bits per heavy atom. The molecular weight excluding hydrogens is 436 g/mol. The highest BCUT2D eigenvalue weighted by atomic mass is 16.5. The molecule has 5 unspecified atom stereocenters. The van der Waals surface area contributed by atoms with E-state index in [9.17, 15) is 19.5 Å². The molecule has 1 N–H and O–H groups in total. The number of rotatable bonds is 10. The van der Waals surface area contributed by atoms with Crippen molar-refractivity contribution < 1.29 is 33.7 Å². The summed E-state index contributed by atoms with van der Waals surface area (Å²) in [4.78, 5) is 34.4. The van der Waals surface area contributed by atoms with Crippen molar-refractivity contribution in [2.45, 2.75) is 85.7 Å². The molecule has 7 nitrogen and oxygen atoms in total. The molecule has 192 valence electrons. The van der Waals surface area contributed by atoms with E-state index in [0.29, 0.717) is 24.9 Å². The van der Waals surface area contributed by atoms with Gasteiger partial charge in [-0.25, -0.2) is 0 Å². The van der Waals surface area contributed by atoms with E-state index in [-0.39, 0.29) is 36.2 Å². The van der Waals surface area contributed by atoms with Gasteiger partial charge in [-0.1, -0.05) is 31.1 Å². The minimum atomic E-state index is -0.428. The summed E-state index contributed by atoms with van der Waals surface area (Å²) in [6, 6.07) is 0. The Balaban J connectivity index is 2.01. The van der Waals surface area contributed by atoms with Gasteiger partial charge < -0.3 is 19.3 Å². The first kappa shape index (κ1) is 28.1. The second kappa shape index (κ2) is 12.0. The third kappa shape index (κ3) is 7.17. The van der Waals surface area contributed by atoms with Gasteiger partial charge in [0.25, 0.3) is 0 Å². The summed E-state index contributed by atoms with van der Waals surface area (Å²) in [7, 11) is 1.29. The van der Waals surface area contributed by atoms with Crippen LogP contribution in [-0.4, -0.2) is 49.4 Å². The van der Waals surface area contributed by atoms with E-state index in [1.807, 2.05) is 13.0 Å². The summed E-state index contributed by atoms with van der Waals surface area (Å²) in [6.45, 7) is 10.6. The Kier molecular flexibility index (Phi) is 9.92. The SMILES string of the molecule is COC(=O)CCC(=O)OCC=C(C)CCC1C(C)=CCC2C(C)(COC(C)=O)CC(O)CC12C. The topological polar surface area (TPSA) is 99.1 Å². The van der Waals surface area contributed by atoms with Crippen LogP contribution in [0, 0.1) is 22.7 Å². The minimum Gasteiger partial charge on any atom is -0.469 e. The molecule has 1 fully saturated rings. The predicted molar refractivity (Wildman–Crippen MR) is 129 cm³/mol. The number of allylic oxidation sites excluding steroid dienone is 3. The number of methoxy groups -OCH3 is 1. The molecule has 0 aromatic rings. The molecule has 0 radical (unpaired) electrons. The van der Waals surface area contributed by atoms with Crippen LogP contribution in [0.15, 0.2) is 23.3 Å². The molecule has 7 heteroatoms. The normalized spacial score (nSPS) is 31.2. The average Bonchev–Trinajstić information content (AvgIpc) is 2.74. The van der Waals surface area contributed by atoms with Crippen molar-refractivity contribution in [1.82, 2.24) is 0 Å². The fraction of sp³-hybridized carbons (Fsp3) is 0.741. The summed E-state index contributed by atoms with van der Waals surface area (Å²) in [5, 5.41) is 10.8. The number of carbonyl (C=O) groups is 3. The largest absolute Gasteiger partial charge is 0.469 e. The third-order valence-electron chi connectivity index (χ3n) is 7.91. The van der Waals surface area contributed by atoms with Gasteiger partial charge in [-0.05, 0) is 69.3 Å². The van der Waals surface area contributed by atoms with Gasteiger partial charge in [-0.3, -0.25) is 14.4 Å². The maximum Gasteiger partial charge on any atom is 0.306 e. The van der Waals surface area contributed by atoms with Crippen molar-refractivity contribution in [3.05, 3.63) is 23.3 Å². The van der Waals surface area contributed by atoms with Gasteiger partial charge in [-0.15, -0.1) is 0 Å². The van der Waals surface area contributed by atoms with Gasteiger partial charge in [-0.2, -0.15) is 0 Å². The van der Waals surface area contributed by atoms with Crippen LogP contribution in [0.4, 0.5) is 0 Å². The van der Waals surface area contributed by atoms with E-state index in [0.717, 1.165) is 31.3 Å². The zero-order valence-corrected chi connectivity index (χ0v) is 21.6. The Morgan fingerprint density at radius 3 is 2.41 bits per heavy atom. The van der Waals surface area contributed by atoms with Crippen LogP contribution < -0.4 is 0 Å². The number of aliphatic hydroxyl groups is 1. The maximum absolute atomic E-state index is 11.8. The molecule has 0 aromatic carbocycles. The van der Waals surface area contributed by atoms with E-state index in [4.69, 9.17) is 9.47 Å². The molecule has 2 aliphatic rings. The molecule has 0 heterocycles. The molecule has 2 aliphatic carbocycles. The average molecular weight is 479 g/mol. The summed E-state index contributed by atoms with van der Waals surface area (Å²) in [5.41, 5.74) is 2.13. The zero-order chi connectivity index (χ0) is 25.5. The Hall–Kier alpha value is -2.15. The van der Waals surface area contributed by atoms with E-state index < -0.39 is 18.0 Å². The highest BCUT2D eigenvalue weighted by Crippen LogP contribution is 2.60. The smallest absolute Gasteiger partial charge is 0.306 e. The van der Waals surface area contributed by atoms with Crippen molar-refractivity contribution in [3.8, 4) is 0 Å². The summed E-state index contributed by atoms with van der Waals surface area (Å²) in [6.07, 6.45) is 7.95. The molecule has 2 rings (SSSR count). The highest BCUT2D eigenvalue weighted by molar-refractivity contribution is 5.77. The molecule has 0 aliphatic heterocycles. The quantitative estimate of drug-likeness (QED) is 0.280. The second-order valence-electron chi connectivity index (χ2n) is 10.6. The first-order valence-electron chi connectivity index (χ1n) is 12.3. The van der Waals surface area contributed by atoms with E-state index in [1.165, 1.54) is 19.6 Å². The molecular formula is C27H42O7. The summed E-state index contributed by atoms with van der Waals surface area (Å²) < 4.78 is 15.2. The second-order valence-corrected chi connectivity index (χ2v) is 10.6. The van der Waals surface area contributed by atoms with Crippen molar-refractivity contribution >= 4 is 17.9 Å². The fourth-order valence-electron chi connectivity index (χ4n) is 6.22. The number of carbonyl (C=O) groups excluding carboxylic acids is 3. The molecule has 0 amide bonds. The van der Waals surface area contributed by atoms with Gasteiger partial charge in [0.05, 0.1) is 32.7 Å². The molecule has 0 saturated heterocycles. The minimum absolute atomic E-state index is 0.0137. The van der Waals surface area contributed by atoms with Gasteiger partial charge in [0.15, 0.2) is 0 Å². The number of aliphatic hydroxyl groups excluding tert-OH is 1. The van der Waals surface area contributed by atoms with E-state index in [1.54, 1.807) is 0 Å². The summed E-state index contributed by atoms with van der Waals surface area (Å²) in [5.74, 6) is -0.503. The lowest BCUT2D eigenvalue weighted by Gasteiger charge is -2.58. The van der Waals surface area contributed by atoms with Crippen molar-refractivity contribution in [2.75, 3.05) is 20.3 Å². The number of hydrogen-bond donors (Lipinski definition) is 1. The van der Waals surface area contributed by atoms with Crippen molar-refractivity contribution in [2.24, 2.45) is 22.7 Å². The fourth-order valence-corrected chi connectivity index (χ4v) is 6.22. The lowest BCUT2D eigenvalue weighted by atomic mass is 9.47. The predicted octanol–water partition coefficient (Wildman–Crippen LogP) is 4.52. The summed E-state index contributed by atoms with van der Waals surface area (Å²) >= 11 is 0. The monoisotopic (exact) mass is 478 g/mol. The zero-order valence-electron chi connectivity index (χ0n) is 21.6. The van der Waals surface area contributed by atoms with Crippen molar-refractivity contribution in [3.63, 3.8) is 0 Å². The molecule has 1 saturated carbocycles. The van der Waals surface area contributed by atoms with Crippen LogP contribution >= 0.6 is 0 Å². The first-order valence-corrected chi connectivity index (χ1v) is 12.3. The molecule has 0 bridgehead atoms. The Labute approximate surface area is 203 Å². The van der Waals surface area contributed by atoms with Crippen LogP contribution in [0.3, 0.4) is 0 Å². The first-order chi connectivity index (χ1) is 15.9. The van der Waals surface area contributed by atoms with E-state index >= 15 is 0 Å². The number of esters is 3. The van der Waals surface area contributed by atoms with Gasteiger partial charge in [0.1, 0.15) is 6.61 Å². The molecule has 5 atom stereocenters. The number of fused-ring (bicyclic) bond motifs is 1. The molecule has 0 aromatic heterocycles. The van der Waals surface area contributed by atoms with Crippen LogP contribution in [0.25, 0.3) is 0 Å². The highest BCUT2D eigenvalue weighted by Gasteiger charge is 2.56. The molecule has 34 heavy (non-hydrogen) atoms. The van der Waals surface area contributed by atoms with Gasteiger partial charge >= 0.3 is 17.9 Å². The van der Waals surface area contributed by atoms with E-state index in [2.05, 4.69) is 31.6 Å². The van der Waals surface area contributed by atoms with Gasteiger partial charge in [0.2, 0.25) is 0 Å². The maximum atomic E-state index is 11.8. The van der Waals surface area contributed by atoms with Crippen LogP contribution in [-0.2, 0) is 28.6 Å². The number of hydrogen-bond acceptors (Lipinski definition) is 7. The van der Waals surface area contributed by atoms with Crippen LogP contribution in [0.1, 0.15) is 79.6 Å². The molecule has 0 spiro atoms. The van der Waals surface area contributed by atoms with Gasteiger partial charge in [0, 0.05) is 12.3 Å². The third-order valence-corrected chi connectivity index (χ3v) is 7.91. The Bertz CT molecular complexity index is 814. The number of ether oxygens (including phenoxy) is 3. The Morgan fingerprint density at radius 1 is 1.09 bits per heavy atom. The van der Waals surface area contributed by atoms with Crippen molar-refractivity contribution in [1.29, 1.82) is 0 Å². The van der Waals surface area contributed by atoms with Crippen LogP contribution in [0.5, 0.6) is 0 Å². The standard InChI is InChI=1S/C27H42O7/c1-18(13-14-33-25(31)12-11-24(30)32-6)7-9-22-19(2)8-10-23-26(4,17-34-20(3)28)15-21(29)16-27(22,23)5/h8,13,21-23,29H,7,9-12,14-17H2,1-6H3. The van der Waals surface area contributed by atoms with Crippen LogP contribution in [0.2, 0.25) is 0 Å². The lowest BCUT2D eigenvalue weighted by Crippen LogP contribution is -2.55.